The smallest absolute Gasteiger partial charge is 0.211 e. The van der Waals surface area contributed by atoms with Crippen LogP contribution < -0.4 is 9.47 Å². The molecular weight excluding hydrogens is 396 g/mol. The molecule has 7 heteroatoms. The van der Waals surface area contributed by atoms with Crippen LogP contribution in [0.5, 0.6) is 11.5 Å². The zero-order valence-electron chi connectivity index (χ0n) is 18.3. The maximum absolute atomic E-state index is 6.04. The second-order valence-corrected chi connectivity index (χ2v) is 8.16. The van der Waals surface area contributed by atoms with Crippen LogP contribution in [0.3, 0.4) is 0 Å². The summed E-state index contributed by atoms with van der Waals surface area (Å²) in [5.74, 6) is 2.43. The highest BCUT2D eigenvalue weighted by Crippen LogP contribution is 2.29. The Morgan fingerprint density at radius 3 is 2.60 bits per heavy atom. The number of thioether (sulfide) groups is 1. The van der Waals surface area contributed by atoms with E-state index in [0.717, 1.165) is 16.5 Å². The van der Waals surface area contributed by atoms with Crippen LogP contribution in [0, 0.1) is 13.8 Å². The van der Waals surface area contributed by atoms with Gasteiger partial charge in [0, 0.05) is 5.92 Å². The molecule has 0 spiro atoms. The van der Waals surface area contributed by atoms with E-state index in [2.05, 4.69) is 61.2 Å². The Morgan fingerprint density at radius 1 is 1.10 bits per heavy atom. The van der Waals surface area contributed by atoms with Crippen molar-refractivity contribution in [1.82, 2.24) is 14.9 Å². The summed E-state index contributed by atoms with van der Waals surface area (Å²) in [4.78, 5) is 0. The van der Waals surface area contributed by atoms with Gasteiger partial charge in [0.1, 0.15) is 6.61 Å². The van der Waals surface area contributed by atoms with Crippen LogP contribution in [-0.4, -0.2) is 34.5 Å². The van der Waals surface area contributed by atoms with Crippen LogP contribution in [0.2, 0.25) is 0 Å². The highest BCUT2D eigenvalue weighted by atomic mass is 32.2. The van der Waals surface area contributed by atoms with Crippen LogP contribution in [-0.2, 0) is 6.61 Å². The lowest BCUT2D eigenvalue weighted by Crippen LogP contribution is -2.02. The van der Waals surface area contributed by atoms with Crippen molar-refractivity contribution in [1.29, 1.82) is 0 Å². The molecule has 3 rings (SSSR count). The van der Waals surface area contributed by atoms with Gasteiger partial charge in [-0.3, -0.25) is 0 Å². The van der Waals surface area contributed by atoms with E-state index in [-0.39, 0.29) is 5.92 Å². The number of benzene rings is 2. The van der Waals surface area contributed by atoms with Gasteiger partial charge >= 0.3 is 0 Å². The van der Waals surface area contributed by atoms with E-state index in [9.17, 15) is 0 Å². The number of aromatic nitrogens is 3. The average molecular weight is 425 g/mol. The first kappa shape index (κ1) is 21.9. The molecule has 2 aromatic carbocycles. The van der Waals surface area contributed by atoms with Gasteiger partial charge in [0.05, 0.1) is 13.3 Å². The third-order valence-corrected chi connectivity index (χ3v) is 5.35. The number of hydrogen-bond donors (Lipinski definition) is 0. The van der Waals surface area contributed by atoms with Crippen LogP contribution in [0.4, 0.5) is 0 Å². The standard InChI is InChI=1S/C23H28N4O2S/c1-15(2)22-25-26-23(30-6)27(22)24-13-18-9-10-20(21(12-18)28-5)29-14-19-11-16(3)7-8-17(19)4/h7-13,15H,14H2,1-6H3/b24-13-. The molecule has 0 aliphatic carbocycles. The summed E-state index contributed by atoms with van der Waals surface area (Å²) in [5, 5.41) is 13.8. The number of nitrogens with zero attached hydrogens (tertiary/aromatic N) is 4. The number of methoxy groups -OCH3 is 1. The van der Waals surface area contributed by atoms with E-state index in [1.807, 2.05) is 24.5 Å². The van der Waals surface area contributed by atoms with E-state index >= 15 is 0 Å². The van der Waals surface area contributed by atoms with Gasteiger partial charge in [-0.1, -0.05) is 49.4 Å². The highest BCUT2D eigenvalue weighted by molar-refractivity contribution is 7.98. The molecule has 0 saturated carbocycles. The fraction of sp³-hybridized carbons (Fsp3) is 0.348. The molecular formula is C23H28N4O2S. The molecule has 0 unspecified atom stereocenters. The van der Waals surface area contributed by atoms with Gasteiger partial charge in [-0.05, 0) is 55.0 Å². The van der Waals surface area contributed by atoms with E-state index in [4.69, 9.17) is 9.47 Å². The van der Waals surface area contributed by atoms with Gasteiger partial charge in [-0.2, -0.15) is 9.78 Å². The second kappa shape index (κ2) is 9.80. The number of hydrogen-bond acceptors (Lipinski definition) is 6. The fourth-order valence-electron chi connectivity index (χ4n) is 2.99. The zero-order chi connectivity index (χ0) is 21.7. The summed E-state index contributed by atoms with van der Waals surface area (Å²) in [6.45, 7) is 8.82. The Labute approximate surface area is 182 Å². The Kier molecular flexibility index (Phi) is 7.15. The molecule has 1 heterocycles. The van der Waals surface area contributed by atoms with E-state index in [1.165, 1.54) is 28.5 Å². The van der Waals surface area contributed by atoms with Crippen molar-refractivity contribution < 1.29 is 9.47 Å². The molecule has 3 aromatic rings. The normalized spacial score (nSPS) is 11.4. The Morgan fingerprint density at radius 2 is 1.90 bits per heavy atom. The first-order valence-electron chi connectivity index (χ1n) is 9.83. The molecule has 0 aliphatic heterocycles. The molecule has 1 aromatic heterocycles. The third kappa shape index (κ3) is 5.02. The summed E-state index contributed by atoms with van der Waals surface area (Å²) < 4.78 is 13.4. The van der Waals surface area contributed by atoms with Gasteiger partial charge in [0.25, 0.3) is 0 Å². The monoisotopic (exact) mass is 424 g/mol. The summed E-state index contributed by atoms with van der Waals surface area (Å²) >= 11 is 1.52. The molecule has 0 radical (unpaired) electrons. The second-order valence-electron chi connectivity index (χ2n) is 7.38. The Bertz CT molecular complexity index is 1040. The number of ether oxygens (including phenoxy) is 2. The Hall–Kier alpha value is -2.80. The van der Waals surface area contributed by atoms with Gasteiger partial charge in [-0.25, -0.2) is 0 Å². The third-order valence-electron chi connectivity index (χ3n) is 4.73. The Balaban J connectivity index is 1.80. The SMILES string of the molecule is COc1cc(/C=N\n2c(SC)nnc2C(C)C)ccc1OCc1cc(C)ccc1C. The van der Waals surface area contributed by atoms with Crippen molar-refractivity contribution in [2.24, 2.45) is 5.10 Å². The minimum absolute atomic E-state index is 0.228. The molecule has 30 heavy (non-hydrogen) atoms. The molecule has 0 atom stereocenters. The molecule has 0 aliphatic rings. The molecule has 6 nitrogen and oxygen atoms in total. The lowest BCUT2D eigenvalue weighted by Gasteiger charge is -2.13. The van der Waals surface area contributed by atoms with E-state index < -0.39 is 0 Å². The predicted molar refractivity (Wildman–Crippen MR) is 122 cm³/mol. The van der Waals surface area contributed by atoms with E-state index in [0.29, 0.717) is 18.1 Å². The largest absolute Gasteiger partial charge is 0.493 e. The molecule has 0 amide bonds. The molecule has 0 saturated heterocycles. The number of rotatable bonds is 8. The van der Waals surface area contributed by atoms with Crippen LogP contribution in [0.25, 0.3) is 0 Å². The van der Waals surface area contributed by atoms with Crippen molar-refractivity contribution in [3.8, 4) is 11.5 Å². The van der Waals surface area contributed by atoms with Crippen LogP contribution in [0.15, 0.2) is 46.7 Å². The van der Waals surface area contributed by atoms with Crippen LogP contribution >= 0.6 is 11.8 Å². The molecule has 0 bridgehead atoms. The van der Waals surface area contributed by atoms with Gasteiger partial charge in [0.15, 0.2) is 17.3 Å². The minimum atomic E-state index is 0.228. The van der Waals surface area contributed by atoms with Gasteiger partial charge < -0.3 is 9.47 Å². The predicted octanol–water partition coefficient (Wildman–Crippen LogP) is 5.21. The summed E-state index contributed by atoms with van der Waals surface area (Å²) in [5.41, 5.74) is 4.50. The topological polar surface area (TPSA) is 61.5 Å². The molecule has 158 valence electrons. The van der Waals surface area contributed by atoms with Crippen molar-refractivity contribution in [3.05, 3.63) is 64.5 Å². The molecule has 0 N–H and O–H groups in total. The zero-order valence-corrected chi connectivity index (χ0v) is 19.2. The average Bonchev–Trinajstić information content (AvgIpc) is 3.16. The fourth-order valence-corrected chi connectivity index (χ4v) is 3.43. The summed E-state index contributed by atoms with van der Waals surface area (Å²) in [6, 6.07) is 12.2. The summed E-state index contributed by atoms with van der Waals surface area (Å²) in [6.07, 6.45) is 3.75. The van der Waals surface area contributed by atoms with Crippen molar-refractivity contribution in [3.63, 3.8) is 0 Å². The first-order chi connectivity index (χ1) is 14.4. The molecule has 0 fully saturated rings. The minimum Gasteiger partial charge on any atom is -0.493 e. The number of aryl methyl sites for hydroxylation is 2. The maximum Gasteiger partial charge on any atom is 0.211 e. The lowest BCUT2D eigenvalue weighted by atomic mass is 10.1. The van der Waals surface area contributed by atoms with Gasteiger partial charge in [0.2, 0.25) is 5.16 Å². The summed E-state index contributed by atoms with van der Waals surface area (Å²) in [7, 11) is 1.64. The maximum atomic E-state index is 6.04. The lowest BCUT2D eigenvalue weighted by molar-refractivity contribution is 0.284. The quantitative estimate of drug-likeness (QED) is 0.367. The van der Waals surface area contributed by atoms with Crippen molar-refractivity contribution >= 4 is 18.0 Å². The van der Waals surface area contributed by atoms with Crippen molar-refractivity contribution in [2.45, 2.75) is 45.4 Å². The van der Waals surface area contributed by atoms with Gasteiger partial charge in [-0.15, -0.1) is 10.2 Å². The highest BCUT2D eigenvalue weighted by Gasteiger charge is 2.14. The van der Waals surface area contributed by atoms with E-state index in [1.54, 1.807) is 18.0 Å². The van der Waals surface area contributed by atoms with Crippen molar-refractivity contribution in [2.75, 3.05) is 13.4 Å². The first-order valence-corrected chi connectivity index (χ1v) is 11.1. The van der Waals surface area contributed by atoms with Crippen LogP contribution in [0.1, 0.15) is 47.8 Å².